The van der Waals surface area contributed by atoms with Gasteiger partial charge in [0.25, 0.3) is 5.91 Å². The van der Waals surface area contributed by atoms with Crippen LogP contribution in [0.2, 0.25) is 0 Å². The Labute approximate surface area is 114 Å². The Hall–Kier alpha value is -1.56. The molecule has 6 heteroatoms. The van der Waals surface area contributed by atoms with Gasteiger partial charge in [-0.2, -0.15) is 0 Å². The third-order valence-electron chi connectivity index (χ3n) is 2.91. The maximum Gasteiger partial charge on any atom is 0.329 e. The molecule has 0 aromatic heterocycles. The SMILES string of the molecule is CN(C(=O)c1ccc(Br)c(N)c1)C(C)(C)C(=O)O. The third kappa shape index (κ3) is 2.64. The molecule has 0 aliphatic heterocycles. The molecular weight excluding hydrogens is 300 g/mol. The second-order valence-corrected chi connectivity index (χ2v) is 5.32. The Morgan fingerprint density at radius 2 is 1.94 bits per heavy atom. The molecular formula is C12H15BrN2O3. The van der Waals surface area contributed by atoms with Crippen LogP contribution in [0.15, 0.2) is 22.7 Å². The fourth-order valence-corrected chi connectivity index (χ4v) is 1.51. The van der Waals surface area contributed by atoms with Gasteiger partial charge in [0, 0.05) is 22.8 Å². The molecule has 0 spiro atoms. The summed E-state index contributed by atoms with van der Waals surface area (Å²) in [6.07, 6.45) is 0. The largest absolute Gasteiger partial charge is 0.480 e. The number of likely N-dealkylation sites (N-methyl/N-ethyl adjacent to an activating group) is 1. The summed E-state index contributed by atoms with van der Waals surface area (Å²) in [5.74, 6) is -1.45. The first-order valence-corrected chi connectivity index (χ1v) is 6.03. The van der Waals surface area contributed by atoms with E-state index in [2.05, 4.69) is 15.9 Å². The van der Waals surface area contributed by atoms with Gasteiger partial charge in [0.2, 0.25) is 0 Å². The van der Waals surface area contributed by atoms with Crippen molar-refractivity contribution in [3.63, 3.8) is 0 Å². The number of halogens is 1. The predicted molar refractivity (Wildman–Crippen MR) is 72.4 cm³/mol. The maximum absolute atomic E-state index is 12.2. The van der Waals surface area contributed by atoms with Crippen LogP contribution in [0, 0.1) is 0 Å². The fourth-order valence-electron chi connectivity index (χ4n) is 1.27. The first-order chi connectivity index (χ1) is 8.17. The van der Waals surface area contributed by atoms with Crippen LogP contribution in [0.5, 0.6) is 0 Å². The second kappa shape index (κ2) is 4.97. The Balaban J connectivity index is 3.07. The van der Waals surface area contributed by atoms with Crippen LogP contribution < -0.4 is 5.73 Å². The van der Waals surface area contributed by atoms with Gasteiger partial charge in [0.1, 0.15) is 5.54 Å². The van der Waals surface area contributed by atoms with E-state index in [4.69, 9.17) is 10.8 Å². The summed E-state index contributed by atoms with van der Waals surface area (Å²) in [5, 5.41) is 9.08. The smallest absolute Gasteiger partial charge is 0.329 e. The van der Waals surface area contributed by atoms with Crippen molar-refractivity contribution in [2.75, 3.05) is 12.8 Å². The molecule has 0 bridgehead atoms. The van der Waals surface area contributed by atoms with E-state index in [-0.39, 0.29) is 5.91 Å². The molecule has 5 nitrogen and oxygen atoms in total. The number of amides is 1. The number of carbonyl (C=O) groups is 2. The molecule has 0 saturated heterocycles. The molecule has 0 fully saturated rings. The molecule has 0 heterocycles. The van der Waals surface area contributed by atoms with Gasteiger partial charge in [-0.15, -0.1) is 0 Å². The summed E-state index contributed by atoms with van der Waals surface area (Å²) in [6.45, 7) is 2.94. The van der Waals surface area contributed by atoms with Crippen molar-refractivity contribution in [2.45, 2.75) is 19.4 Å². The van der Waals surface area contributed by atoms with E-state index >= 15 is 0 Å². The molecule has 0 aliphatic rings. The quantitative estimate of drug-likeness (QED) is 0.835. The standard InChI is InChI=1S/C12H15BrN2O3/c1-12(2,11(17)18)15(3)10(16)7-4-5-8(13)9(14)6-7/h4-6H,14H2,1-3H3,(H,17,18). The zero-order valence-corrected chi connectivity index (χ0v) is 12.0. The van der Waals surface area contributed by atoms with Crippen LogP contribution in [0.4, 0.5) is 5.69 Å². The van der Waals surface area contributed by atoms with Crippen LogP contribution in [-0.4, -0.2) is 34.5 Å². The lowest BCUT2D eigenvalue weighted by atomic mass is 10.0. The number of carboxylic acid groups (broad SMARTS) is 1. The number of nitrogens with zero attached hydrogens (tertiary/aromatic N) is 1. The summed E-state index contributed by atoms with van der Waals surface area (Å²) in [4.78, 5) is 24.4. The van der Waals surface area contributed by atoms with E-state index in [1.165, 1.54) is 31.9 Å². The van der Waals surface area contributed by atoms with Crippen molar-refractivity contribution in [3.8, 4) is 0 Å². The van der Waals surface area contributed by atoms with Crippen LogP contribution in [-0.2, 0) is 4.79 Å². The lowest BCUT2D eigenvalue weighted by molar-refractivity contribution is -0.147. The Morgan fingerprint density at radius 3 is 2.39 bits per heavy atom. The highest BCUT2D eigenvalue weighted by Crippen LogP contribution is 2.22. The van der Waals surface area contributed by atoms with Crippen LogP contribution >= 0.6 is 15.9 Å². The normalized spacial score (nSPS) is 11.1. The highest BCUT2D eigenvalue weighted by atomic mass is 79.9. The lowest BCUT2D eigenvalue weighted by Gasteiger charge is -2.31. The van der Waals surface area contributed by atoms with Gasteiger partial charge < -0.3 is 15.7 Å². The molecule has 1 aromatic rings. The zero-order valence-electron chi connectivity index (χ0n) is 10.4. The van der Waals surface area contributed by atoms with E-state index in [0.717, 1.165) is 0 Å². The fraction of sp³-hybridized carbons (Fsp3) is 0.333. The number of carbonyl (C=O) groups excluding carboxylic acids is 1. The summed E-state index contributed by atoms with van der Waals surface area (Å²) in [5.41, 5.74) is 5.20. The molecule has 1 aromatic carbocycles. The topological polar surface area (TPSA) is 83.6 Å². The number of hydrogen-bond donors (Lipinski definition) is 2. The van der Waals surface area contributed by atoms with Gasteiger partial charge in [-0.1, -0.05) is 0 Å². The predicted octanol–water partition coefficient (Wildman–Crippen LogP) is 1.97. The van der Waals surface area contributed by atoms with Gasteiger partial charge in [-0.25, -0.2) is 4.79 Å². The van der Waals surface area contributed by atoms with Gasteiger partial charge in [-0.3, -0.25) is 4.79 Å². The van der Waals surface area contributed by atoms with E-state index in [9.17, 15) is 9.59 Å². The minimum atomic E-state index is -1.28. The minimum absolute atomic E-state index is 0.354. The van der Waals surface area contributed by atoms with E-state index in [1.807, 2.05) is 0 Å². The first kappa shape index (κ1) is 14.5. The van der Waals surface area contributed by atoms with Crippen molar-refractivity contribution in [2.24, 2.45) is 0 Å². The average molecular weight is 315 g/mol. The number of carboxylic acids is 1. The van der Waals surface area contributed by atoms with Crippen LogP contribution in [0.3, 0.4) is 0 Å². The van der Waals surface area contributed by atoms with Crippen molar-refractivity contribution >= 4 is 33.5 Å². The molecule has 1 amide bonds. The van der Waals surface area contributed by atoms with Gasteiger partial charge >= 0.3 is 5.97 Å². The molecule has 0 unspecified atom stereocenters. The van der Waals surface area contributed by atoms with Crippen molar-refractivity contribution < 1.29 is 14.7 Å². The average Bonchev–Trinajstić information content (AvgIpc) is 2.30. The number of aliphatic carboxylic acids is 1. The molecule has 0 saturated carbocycles. The second-order valence-electron chi connectivity index (χ2n) is 4.46. The van der Waals surface area contributed by atoms with Crippen molar-refractivity contribution in [3.05, 3.63) is 28.2 Å². The summed E-state index contributed by atoms with van der Waals surface area (Å²) < 4.78 is 0.694. The molecule has 0 atom stereocenters. The summed E-state index contributed by atoms with van der Waals surface area (Å²) in [7, 11) is 1.45. The molecule has 0 aliphatic carbocycles. The monoisotopic (exact) mass is 314 g/mol. The van der Waals surface area contributed by atoms with Crippen molar-refractivity contribution in [1.29, 1.82) is 0 Å². The number of hydrogen-bond acceptors (Lipinski definition) is 3. The molecule has 98 valence electrons. The Bertz CT molecular complexity index is 500. The van der Waals surface area contributed by atoms with Crippen molar-refractivity contribution in [1.82, 2.24) is 4.90 Å². The van der Waals surface area contributed by atoms with E-state index < -0.39 is 11.5 Å². The van der Waals surface area contributed by atoms with Gasteiger partial charge in [0.15, 0.2) is 0 Å². The van der Waals surface area contributed by atoms with Crippen LogP contribution in [0.1, 0.15) is 24.2 Å². The molecule has 18 heavy (non-hydrogen) atoms. The number of rotatable bonds is 3. The summed E-state index contributed by atoms with van der Waals surface area (Å²) in [6, 6.07) is 4.77. The molecule has 1 rings (SSSR count). The number of anilines is 1. The van der Waals surface area contributed by atoms with E-state index in [1.54, 1.807) is 12.1 Å². The highest BCUT2D eigenvalue weighted by molar-refractivity contribution is 9.10. The maximum atomic E-state index is 12.2. The minimum Gasteiger partial charge on any atom is -0.480 e. The molecule has 0 radical (unpaired) electrons. The first-order valence-electron chi connectivity index (χ1n) is 5.24. The van der Waals surface area contributed by atoms with E-state index in [0.29, 0.717) is 15.7 Å². The number of nitrogen functional groups attached to an aromatic ring is 1. The van der Waals surface area contributed by atoms with Gasteiger partial charge in [0.05, 0.1) is 0 Å². The Morgan fingerprint density at radius 1 is 1.39 bits per heavy atom. The number of benzene rings is 1. The number of nitrogens with two attached hydrogens (primary N) is 1. The highest BCUT2D eigenvalue weighted by Gasteiger charge is 2.35. The molecule has 3 N–H and O–H groups in total. The third-order valence-corrected chi connectivity index (χ3v) is 3.63. The Kier molecular flexibility index (Phi) is 4.01. The summed E-state index contributed by atoms with van der Waals surface area (Å²) >= 11 is 3.23. The zero-order chi connectivity index (χ0) is 14.1. The van der Waals surface area contributed by atoms with Crippen LogP contribution in [0.25, 0.3) is 0 Å². The lowest BCUT2D eigenvalue weighted by Crippen LogP contribution is -2.50. The van der Waals surface area contributed by atoms with Gasteiger partial charge in [-0.05, 0) is 48.0 Å².